The van der Waals surface area contributed by atoms with Gasteiger partial charge in [-0.3, -0.25) is 4.79 Å². The van der Waals surface area contributed by atoms with E-state index in [1.54, 1.807) is 18.2 Å². The maximum atomic E-state index is 12.1. The van der Waals surface area contributed by atoms with Crippen molar-refractivity contribution in [2.45, 2.75) is 4.90 Å². The molecule has 0 atom stereocenters. The molecule has 2 rings (SSSR count). The molecule has 5 nitrogen and oxygen atoms in total. The van der Waals surface area contributed by atoms with Crippen LogP contribution in [0.3, 0.4) is 0 Å². The molecule has 0 heterocycles. The number of amides is 1. The number of hydrogen-bond acceptors (Lipinski definition) is 4. The zero-order chi connectivity index (χ0) is 15.6. The normalized spacial score (nSPS) is 11.1. The molecule has 0 aliphatic rings. The van der Waals surface area contributed by atoms with Gasteiger partial charge in [0.2, 0.25) is 0 Å². The standard InChI is InChI=1S/C14H13BrN2O3S/c1-21(19,20)11-5-2-9(3-6-11)14(18)17-13-7-4-10(15)8-12(13)16/h2-8H,16H2,1H3,(H,17,18). The van der Waals surface area contributed by atoms with Crippen molar-refractivity contribution in [3.05, 3.63) is 52.5 Å². The summed E-state index contributed by atoms with van der Waals surface area (Å²) in [5.41, 5.74) is 7.09. The molecule has 0 unspecified atom stereocenters. The van der Waals surface area contributed by atoms with Crippen molar-refractivity contribution in [3.8, 4) is 0 Å². The Morgan fingerprint density at radius 1 is 1.14 bits per heavy atom. The second-order valence-corrected chi connectivity index (χ2v) is 7.41. The molecule has 21 heavy (non-hydrogen) atoms. The zero-order valence-electron chi connectivity index (χ0n) is 11.1. The molecule has 0 radical (unpaired) electrons. The van der Waals surface area contributed by atoms with Crippen molar-refractivity contribution < 1.29 is 13.2 Å². The molecule has 0 saturated carbocycles. The fourth-order valence-electron chi connectivity index (χ4n) is 1.70. The minimum absolute atomic E-state index is 0.169. The summed E-state index contributed by atoms with van der Waals surface area (Å²) in [7, 11) is -3.27. The third kappa shape index (κ3) is 3.83. The van der Waals surface area contributed by atoms with Crippen LogP contribution < -0.4 is 11.1 Å². The zero-order valence-corrected chi connectivity index (χ0v) is 13.5. The largest absolute Gasteiger partial charge is 0.397 e. The van der Waals surface area contributed by atoms with E-state index in [1.807, 2.05) is 0 Å². The summed E-state index contributed by atoms with van der Waals surface area (Å²) in [5, 5.41) is 2.68. The molecule has 3 N–H and O–H groups in total. The van der Waals surface area contributed by atoms with E-state index in [-0.39, 0.29) is 10.8 Å². The number of carbonyl (C=O) groups is 1. The number of carbonyl (C=O) groups excluding carboxylic acids is 1. The summed E-state index contributed by atoms with van der Waals surface area (Å²) in [6.45, 7) is 0. The van der Waals surface area contributed by atoms with Crippen molar-refractivity contribution in [3.63, 3.8) is 0 Å². The molecule has 1 amide bonds. The van der Waals surface area contributed by atoms with Crippen LogP contribution in [0.5, 0.6) is 0 Å². The second-order valence-electron chi connectivity index (χ2n) is 4.48. The van der Waals surface area contributed by atoms with Gasteiger partial charge < -0.3 is 11.1 Å². The fraction of sp³-hybridized carbons (Fsp3) is 0.0714. The first-order chi connectivity index (χ1) is 9.77. The number of nitrogens with two attached hydrogens (primary N) is 1. The first-order valence-corrected chi connectivity index (χ1v) is 8.62. The van der Waals surface area contributed by atoms with Crippen LogP contribution in [0, 0.1) is 0 Å². The summed E-state index contributed by atoms with van der Waals surface area (Å²) in [6.07, 6.45) is 1.12. The number of anilines is 2. The lowest BCUT2D eigenvalue weighted by Gasteiger charge is -2.09. The molecule has 2 aromatic carbocycles. The van der Waals surface area contributed by atoms with Crippen LogP contribution in [0.2, 0.25) is 0 Å². The topological polar surface area (TPSA) is 89.3 Å². The Hall–Kier alpha value is -1.86. The van der Waals surface area contributed by atoms with Gasteiger partial charge in [0.05, 0.1) is 16.3 Å². The van der Waals surface area contributed by atoms with Gasteiger partial charge in [0.1, 0.15) is 0 Å². The van der Waals surface area contributed by atoms with Gasteiger partial charge in [0, 0.05) is 16.3 Å². The molecule has 0 bridgehead atoms. The van der Waals surface area contributed by atoms with Crippen molar-refractivity contribution in [1.82, 2.24) is 0 Å². The minimum atomic E-state index is -3.27. The Balaban J connectivity index is 2.21. The van der Waals surface area contributed by atoms with Gasteiger partial charge in [-0.1, -0.05) is 15.9 Å². The van der Waals surface area contributed by atoms with E-state index in [9.17, 15) is 13.2 Å². The van der Waals surface area contributed by atoms with Crippen LogP contribution in [0.1, 0.15) is 10.4 Å². The van der Waals surface area contributed by atoms with Gasteiger partial charge in [-0.15, -0.1) is 0 Å². The molecule has 2 aromatic rings. The average molecular weight is 369 g/mol. The van der Waals surface area contributed by atoms with E-state index < -0.39 is 9.84 Å². The molecular formula is C14H13BrN2O3S. The van der Waals surface area contributed by atoms with Crippen molar-refractivity contribution in [1.29, 1.82) is 0 Å². The summed E-state index contributed by atoms with van der Waals surface area (Å²) < 4.78 is 23.5. The van der Waals surface area contributed by atoms with Gasteiger partial charge >= 0.3 is 0 Å². The van der Waals surface area contributed by atoms with Crippen LogP contribution >= 0.6 is 15.9 Å². The van der Waals surface area contributed by atoms with Gasteiger partial charge in [-0.2, -0.15) is 0 Å². The van der Waals surface area contributed by atoms with Gasteiger partial charge in [0.15, 0.2) is 9.84 Å². The molecule has 0 aliphatic carbocycles. The third-order valence-corrected chi connectivity index (χ3v) is 4.43. The molecule has 7 heteroatoms. The van der Waals surface area contributed by atoms with Crippen molar-refractivity contribution in [2.24, 2.45) is 0 Å². The summed E-state index contributed by atoms with van der Waals surface area (Å²) in [5.74, 6) is -0.357. The lowest BCUT2D eigenvalue weighted by molar-refractivity contribution is 0.102. The third-order valence-electron chi connectivity index (χ3n) is 2.81. The molecular weight excluding hydrogens is 356 g/mol. The maximum absolute atomic E-state index is 12.1. The Morgan fingerprint density at radius 3 is 2.29 bits per heavy atom. The number of hydrogen-bond donors (Lipinski definition) is 2. The quantitative estimate of drug-likeness (QED) is 0.815. The Kier molecular flexibility index (Phi) is 4.34. The summed E-state index contributed by atoms with van der Waals surface area (Å²) >= 11 is 3.28. The highest BCUT2D eigenvalue weighted by Crippen LogP contribution is 2.23. The predicted molar refractivity (Wildman–Crippen MR) is 86.1 cm³/mol. The Morgan fingerprint density at radius 2 is 1.76 bits per heavy atom. The van der Waals surface area contributed by atoms with Crippen molar-refractivity contribution >= 4 is 43.0 Å². The predicted octanol–water partition coefficient (Wildman–Crippen LogP) is 2.69. The highest BCUT2D eigenvalue weighted by Gasteiger charge is 2.11. The fourth-order valence-corrected chi connectivity index (χ4v) is 2.70. The highest BCUT2D eigenvalue weighted by molar-refractivity contribution is 9.10. The molecule has 0 aromatic heterocycles. The number of benzene rings is 2. The first kappa shape index (κ1) is 15.5. The van der Waals surface area contributed by atoms with E-state index in [2.05, 4.69) is 21.2 Å². The van der Waals surface area contributed by atoms with E-state index >= 15 is 0 Å². The summed E-state index contributed by atoms with van der Waals surface area (Å²) in [6, 6.07) is 10.8. The number of sulfone groups is 1. The number of rotatable bonds is 3. The van der Waals surface area contributed by atoms with E-state index in [0.29, 0.717) is 16.9 Å². The lowest BCUT2D eigenvalue weighted by Crippen LogP contribution is -2.13. The SMILES string of the molecule is CS(=O)(=O)c1ccc(C(=O)Nc2ccc(Br)cc2N)cc1. The second kappa shape index (κ2) is 5.87. The highest BCUT2D eigenvalue weighted by atomic mass is 79.9. The smallest absolute Gasteiger partial charge is 0.255 e. The monoisotopic (exact) mass is 368 g/mol. The molecule has 110 valence electrons. The van der Waals surface area contributed by atoms with Gasteiger partial charge in [0.25, 0.3) is 5.91 Å². The molecule has 0 saturated heterocycles. The van der Waals surface area contributed by atoms with Crippen LogP contribution in [0.25, 0.3) is 0 Å². The van der Waals surface area contributed by atoms with Crippen LogP contribution in [-0.4, -0.2) is 20.6 Å². The Bertz CT molecular complexity index is 786. The van der Waals surface area contributed by atoms with Crippen LogP contribution in [0.15, 0.2) is 51.8 Å². The average Bonchev–Trinajstić information content (AvgIpc) is 2.41. The van der Waals surface area contributed by atoms with Gasteiger partial charge in [-0.25, -0.2) is 8.42 Å². The van der Waals surface area contributed by atoms with Crippen LogP contribution in [-0.2, 0) is 9.84 Å². The molecule has 0 aliphatic heterocycles. The van der Waals surface area contributed by atoms with E-state index in [4.69, 9.17) is 5.73 Å². The number of nitrogens with one attached hydrogen (secondary N) is 1. The minimum Gasteiger partial charge on any atom is -0.397 e. The molecule has 0 spiro atoms. The first-order valence-electron chi connectivity index (χ1n) is 5.94. The number of halogens is 1. The Labute approximate surface area is 131 Å². The summed E-state index contributed by atoms with van der Waals surface area (Å²) in [4.78, 5) is 12.3. The maximum Gasteiger partial charge on any atom is 0.255 e. The number of nitrogen functional groups attached to an aromatic ring is 1. The van der Waals surface area contributed by atoms with Crippen LogP contribution in [0.4, 0.5) is 11.4 Å². The van der Waals surface area contributed by atoms with E-state index in [1.165, 1.54) is 24.3 Å². The lowest BCUT2D eigenvalue weighted by atomic mass is 10.2. The van der Waals surface area contributed by atoms with Crippen molar-refractivity contribution in [2.75, 3.05) is 17.3 Å². The van der Waals surface area contributed by atoms with Gasteiger partial charge in [-0.05, 0) is 42.5 Å². The molecule has 0 fully saturated rings. The van der Waals surface area contributed by atoms with E-state index in [0.717, 1.165) is 10.7 Å².